The van der Waals surface area contributed by atoms with E-state index in [4.69, 9.17) is 0 Å². The third kappa shape index (κ3) is 2.40. The summed E-state index contributed by atoms with van der Waals surface area (Å²) in [5.41, 5.74) is 0. The van der Waals surface area contributed by atoms with E-state index in [1.165, 1.54) is 50.2 Å². The van der Waals surface area contributed by atoms with E-state index in [2.05, 4.69) is 17.1 Å². The molecule has 2 fully saturated rings. The van der Waals surface area contributed by atoms with Gasteiger partial charge in [-0.3, -0.25) is 0 Å². The van der Waals surface area contributed by atoms with Crippen molar-refractivity contribution in [3.05, 3.63) is 0 Å². The van der Waals surface area contributed by atoms with Crippen molar-refractivity contribution in [2.75, 3.05) is 18.1 Å². The molecular weight excluding hydrogens is 166 g/mol. The Morgan fingerprint density at radius 1 is 1.08 bits per heavy atom. The van der Waals surface area contributed by atoms with E-state index in [-0.39, 0.29) is 0 Å². The maximum Gasteiger partial charge on any atom is 0.00671 e. The van der Waals surface area contributed by atoms with Gasteiger partial charge in [0.25, 0.3) is 0 Å². The van der Waals surface area contributed by atoms with Gasteiger partial charge in [-0.2, -0.15) is 11.8 Å². The van der Waals surface area contributed by atoms with Crippen molar-refractivity contribution in [2.24, 2.45) is 5.92 Å². The Morgan fingerprint density at radius 3 is 2.42 bits per heavy atom. The Morgan fingerprint density at radius 2 is 1.83 bits per heavy atom. The lowest BCUT2D eigenvalue weighted by Crippen LogP contribution is -2.38. The fraction of sp³-hybridized carbons (Fsp3) is 1.00. The highest BCUT2D eigenvalue weighted by atomic mass is 32.2. The summed E-state index contributed by atoms with van der Waals surface area (Å²) in [6.07, 6.45) is 7.22. The first-order valence-corrected chi connectivity index (χ1v) is 6.42. The Bertz CT molecular complexity index is 128. The molecule has 0 radical (unpaired) electrons. The molecule has 1 heterocycles. The first-order valence-electron chi connectivity index (χ1n) is 5.26. The third-order valence-electron chi connectivity index (χ3n) is 3.14. The number of hydrogen-bond donors (Lipinski definition) is 1. The van der Waals surface area contributed by atoms with Gasteiger partial charge >= 0.3 is 0 Å². The summed E-state index contributed by atoms with van der Waals surface area (Å²) in [6.45, 7) is 1.30. The summed E-state index contributed by atoms with van der Waals surface area (Å²) < 4.78 is 0. The van der Waals surface area contributed by atoms with Crippen molar-refractivity contribution >= 4 is 11.8 Å². The van der Waals surface area contributed by atoms with Gasteiger partial charge in [0.2, 0.25) is 0 Å². The molecule has 1 nitrogen and oxygen atoms in total. The smallest absolute Gasteiger partial charge is 0.00671 e. The molecule has 0 aromatic rings. The first-order chi connectivity index (χ1) is 5.95. The van der Waals surface area contributed by atoms with Gasteiger partial charge in [-0.05, 0) is 49.7 Å². The lowest BCUT2D eigenvalue weighted by molar-refractivity contribution is 0.310. The van der Waals surface area contributed by atoms with Crippen molar-refractivity contribution in [1.82, 2.24) is 5.32 Å². The molecule has 1 saturated carbocycles. The normalized spacial score (nSPS) is 27.0. The monoisotopic (exact) mass is 185 g/mol. The van der Waals surface area contributed by atoms with Gasteiger partial charge in [0.15, 0.2) is 0 Å². The van der Waals surface area contributed by atoms with E-state index in [0.29, 0.717) is 0 Å². The molecule has 1 aliphatic heterocycles. The van der Waals surface area contributed by atoms with Crippen molar-refractivity contribution in [3.63, 3.8) is 0 Å². The van der Waals surface area contributed by atoms with Crippen molar-refractivity contribution < 1.29 is 0 Å². The topological polar surface area (TPSA) is 12.0 Å². The van der Waals surface area contributed by atoms with E-state index in [1.54, 1.807) is 0 Å². The van der Waals surface area contributed by atoms with Crippen LogP contribution in [0.15, 0.2) is 0 Å². The lowest BCUT2D eigenvalue weighted by atomic mass is 9.92. The summed E-state index contributed by atoms with van der Waals surface area (Å²) in [6, 6.07) is 0.888. The van der Waals surface area contributed by atoms with Crippen LogP contribution in [0.2, 0.25) is 0 Å². The molecule has 0 atom stereocenters. The molecule has 2 heteroatoms. The molecule has 0 unspecified atom stereocenters. The number of hydrogen-bond acceptors (Lipinski definition) is 2. The third-order valence-corrected chi connectivity index (χ3v) is 4.19. The molecule has 1 N–H and O–H groups in total. The highest BCUT2D eigenvalue weighted by Gasteiger charge is 2.19. The zero-order valence-electron chi connectivity index (χ0n) is 7.72. The Balaban J connectivity index is 1.58. The summed E-state index contributed by atoms with van der Waals surface area (Å²) in [4.78, 5) is 0. The fourth-order valence-electron chi connectivity index (χ4n) is 1.90. The maximum absolute atomic E-state index is 3.68. The van der Waals surface area contributed by atoms with Crippen LogP contribution in [0.4, 0.5) is 0 Å². The van der Waals surface area contributed by atoms with E-state index in [1.807, 2.05) is 0 Å². The zero-order chi connectivity index (χ0) is 8.23. The first kappa shape index (κ1) is 8.89. The molecule has 2 aliphatic rings. The second-order valence-corrected chi connectivity index (χ2v) is 5.32. The van der Waals surface area contributed by atoms with Crippen LogP contribution >= 0.6 is 11.8 Å². The highest BCUT2D eigenvalue weighted by molar-refractivity contribution is 7.99. The van der Waals surface area contributed by atoms with Gasteiger partial charge < -0.3 is 5.32 Å². The van der Waals surface area contributed by atoms with E-state index >= 15 is 0 Å². The predicted molar refractivity (Wildman–Crippen MR) is 55.7 cm³/mol. The molecule has 70 valence electrons. The van der Waals surface area contributed by atoms with Crippen LogP contribution in [0.3, 0.4) is 0 Å². The van der Waals surface area contributed by atoms with Gasteiger partial charge in [0.1, 0.15) is 0 Å². The number of thioether (sulfide) groups is 1. The molecule has 12 heavy (non-hydrogen) atoms. The maximum atomic E-state index is 3.68. The van der Waals surface area contributed by atoms with Crippen LogP contribution < -0.4 is 5.32 Å². The lowest BCUT2D eigenvalue weighted by Gasteiger charge is -2.30. The Kier molecular flexibility index (Phi) is 3.35. The minimum Gasteiger partial charge on any atom is -0.314 e. The van der Waals surface area contributed by atoms with Crippen LogP contribution in [0, 0.1) is 5.92 Å². The molecule has 0 aromatic carbocycles. The van der Waals surface area contributed by atoms with E-state index < -0.39 is 0 Å². The quantitative estimate of drug-likeness (QED) is 0.724. The van der Waals surface area contributed by atoms with Crippen LogP contribution in [0.1, 0.15) is 32.1 Å². The summed E-state index contributed by atoms with van der Waals surface area (Å²) in [5, 5.41) is 3.68. The summed E-state index contributed by atoms with van der Waals surface area (Å²) in [7, 11) is 0. The Hall–Kier alpha value is 0.310. The SMILES string of the molecule is C1CC(NCC2CCSCC2)C1. The van der Waals surface area contributed by atoms with Gasteiger partial charge in [0, 0.05) is 6.04 Å². The van der Waals surface area contributed by atoms with Gasteiger partial charge in [-0.25, -0.2) is 0 Å². The van der Waals surface area contributed by atoms with E-state index in [9.17, 15) is 0 Å². The second kappa shape index (κ2) is 4.52. The average Bonchev–Trinajstić information content (AvgIpc) is 2.04. The van der Waals surface area contributed by atoms with Gasteiger partial charge in [0.05, 0.1) is 0 Å². The molecule has 0 spiro atoms. The minimum atomic E-state index is 0.888. The van der Waals surface area contributed by atoms with Gasteiger partial charge in [-0.15, -0.1) is 0 Å². The average molecular weight is 185 g/mol. The molecule has 1 aliphatic carbocycles. The molecule has 0 amide bonds. The fourth-order valence-corrected chi connectivity index (χ4v) is 3.10. The molecule has 2 rings (SSSR count). The van der Waals surface area contributed by atoms with Crippen molar-refractivity contribution in [1.29, 1.82) is 0 Å². The van der Waals surface area contributed by atoms with E-state index in [0.717, 1.165) is 12.0 Å². The van der Waals surface area contributed by atoms with Crippen molar-refractivity contribution in [3.8, 4) is 0 Å². The molecular formula is C10H19NS. The minimum absolute atomic E-state index is 0.888. The van der Waals surface area contributed by atoms with Crippen LogP contribution in [0.25, 0.3) is 0 Å². The molecule has 0 aromatic heterocycles. The van der Waals surface area contributed by atoms with Crippen molar-refractivity contribution in [2.45, 2.75) is 38.1 Å². The van der Waals surface area contributed by atoms with Crippen LogP contribution in [-0.2, 0) is 0 Å². The molecule has 1 saturated heterocycles. The Labute approximate surface area is 79.7 Å². The number of rotatable bonds is 3. The standard InChI is InChI=1S/C10H19NS/c1-2-10(3-1)11-8-9-4-6-12-7-5-9/h9-11H,1-8H2. The highest BCUT2D eigenvalue weighted by Crippen LogP contribution is 2.23. The van der Waals surface area contributed by atoms with Crippen LogP contribution in [0.5, 0.6) is 0 Å². The molecule has 0 bridgehead atoms. The largest absolute Gasteiger partial charge is 0.314 e. The zero-order valence-corrected chi connectivity index (χ0v) is 8.54. The summed E-state index contributed by atoms with van der Waals surface area (Å²) >= 11 is 2.12. The van der Waals surface area contributed by atoms with Crippen LogP contribution in [-0.4, -0.2) is 24.1 Å². The summed E-state index contributed by atoms with van der Waals surface area (Å²) in [5.74, 6) is 3.79. The number of nitrogens with one attached hydrogen (secondary N) is 1. The predicted octanol–water partition coefficient (Wildman–Crippen LogP) is 2.27. The van der Waals surface area contributed by atoms with Gasteiger partial charge in [-0.1, -0.05) is 6.42 Å². The second-order valence-electron chi connectivity index (χ2n) is 4.09.